The van der Waals surface area contributed by atoms with E-state index < -0.39 is 23.8 Å². The van der Waals surface area contributed by atoms with E-state index in [0.717, 1.165) is 0 Å². The number of ether oxygens (including phenoxy) is 1. The van der Waals surface area contributed by atoms with Gasteiger partial charge in [0.15, 0.2) is 0 Å². The Hall–Kier alpha value is -3.35. The van der Waals surface area contributed by atoms with E-state index in [1.807, 2.05) is 0 Å². The van der Waals surface area contributed by atoms with Crippen molar-refractivity contribution in [2.75, 3.05) is 0 Å². The SMILES string of the molecule is O=C(OC(C(=O)NCc1ccco1)c1ccc(F)cc1)c1ccco1. The summed E-state index contributed by atoms with van der Waals surface area (Å²) in [5.41, 5.74) is 0.332. The maximum atomic E-state index is 13.1. The summed E-state index contributed by atoms with van der Waals surface area (Å²) in [4.78, 5) is 24.6. The number of furan rings is 2. The Kier molecular flexibility index (Phi) is 4.94. The van der Waals surface area contributed by atoms with Crippen LogP contribution in [0.5, 0.6) is 0 Å². The minimum Gasteiger partial charge on any atom is -0.467 e. The highest BCUT2D eigenvalue weighted by atomic mass is 19.1. The Bertz CT molecular complexity index is 825. The van der Waals surface area contributed by atoms with E-state index in [9.17, 15) is 14.0 Å². The third-order valence-corrected chi connectivity index (χ3v) is 3.38. The van der Waals surface area contributed by atoms with Gasteiger partial charge in [-0.1, -0.05) is 12.1 Å². The Morgan fingerprint density at radius 3 is 2.40 bits per heavy atom. The van der Waals surface area contributed by atoms with Gasteiger partial charge >= 0.3 is 5.97 Å². The van der Waals surface area contributed by atoms with Gasteiger partial charge in [-0.3, -0.25) is 4.79 Å². The molecule has 0 aliphatic rings. The van der Waals surface area contributed by atoms with Crippen LogP contribution in [0.15, 0.2) is 69.9 Å². The first-order chi connectivity index (χ1) is 12.1. The normalized spacial score (nSPS) is 11.7. The summed E-state index contributed by atoms with van der Waals surface area (Å²) in [5.74, 6) is -1.32. The summed E-state index contributed by atoms with van der Waals surface area (Å²) < 4.78 is 28.5. The molecule has 1 N–H and O–H groups in total. The maximum absolute atomic E-state index is 13.1. The lowest BCUT2D eigenvalue weighted by Gasteiger charge is -2.17. The fraction of sp³-hybridized carbons (Fsp3) is 0.111. The summed E-state index contributed by atoms with van der Waals surface area (Å²) in [6, 6.07) is 11.5. The molecule has 2 heterocycles. The number of benzene rings is 1. The molecule has 3 aromatic rings. The standard InChI is InChI=1S/C18H14FNO5/c19-13-7-5-12(6-8-13)16(25-18(22)15-4-2-10-24-15)17(21)20-11-14-3-1-9-23-14/h1-10,16H,11H2,(H,20,21). The zero-order chi connectivity index (χ0) is 17.6. The van der Waals surface area contributed by atoms with Crippen LogP contribution < -0.4 is 5.32 Å². The van der Waals surface area contributed by atoms with Gasteiger partial charge < -0.3 is 18.9 Å². The fourth-order valence-corrected chi connectivity index (χ4v) is 2.15. The Balaban J connectivity index is 1.76. The molecule has 0 fully saturated rings. The van der Waals surface area contributed by atoms with Crippen LogP contribution in [0.2, 0.25) is 0 Å². The van der Waals surface area contributed by atoms with Crippen LogP contribution in [0.1, 0.15) is 28.0 Å². The predicted octanol–water partition coefficient (Wildman–Crippen LogP) is 3.23. The molecule has 3 rings (SSSR count). The van der Waals surface area contributed by atoms with E-state index in [1.165, 1.54) is 48.9 Å². The van der Waals surface area contributed by atoms with Gasteiger partial charge in [0.25, 0.3) is 5.91 Å². The smallest absolute Gasteiger partial charge is 0.375 e. The number of hydrogen-bond acceptors (Lipinski definition) is 5. The van der Waals surface area contributed by atoms with Gasteiger partial charge in [-0.2, -0.15) is 0 Å². The van der Waals surface area contributed by atoms with Crippen molar-refractivity contribution in [1.29, 1.82) is 0 Å². The Morgan fingerprint density at radius 1 is 1.04 bits per heavy atom. The number of rotatable bonds is 6. The highest BCUT2D eigenvalue weighted by Gasteiger charge is 2.26. The van der Waals surface area contributed by atoms with Crippen LogP contribution in [0.4, 0.5) is 4.39 Å². The maximum Gasteiger partial charge on any atom is 0.375 e. The first-order valence-corrected chi connectivity index (χ1v) is 7.43. The summed E-state index contributed by atoms with van der Waals surface area (Å²) in [6.07, 6.45) is 1.55. The van der Waals surface area contributed by atoms with Crippen molar-refractivity contribution in [3.05, 3.63) is 84.0 Å². The number of nitrogens with one attached hydrogen (secondary N) is 1. The Labute approximate surface area is 142 Å². The first-order valence-electron chi connectivity index (χ1n) is 7.43. The number of amides is 1. The molecule has 0 radical (unpaired) electrons. The van der Waals surface area contributed by atoms with Crippen LogP contribution >= 0.6 is 0 Å². The van der Waals surface area contributed by atoms with Crippen molar-refractivity contribution in [2.24, 2.45) is 0 Å². The van der Waals surface area contributed by atoms with Crippen LogP contribution in [-0.4, -0.2) is 11.9 Å². The second-order valence-electron chi connectivity index (χ2n) is 5.11. The highest BCUT2D eigenvalue weighted by molar-refractivity contribution is 5.90. The fourth-order valence-electron chi connectivity index (χ4n) is 2.15. The van der Waals surface area contributed by atoms with Gasteiger partial charge in [-0.25, -0.2) is 9.18 Å². The quantitative estimate of drug-likeness (QED) is 0.695. The van der Waals surface area contributed by atoms with Crippen molar-refractivity contribution >= 4 is 11.9 Å². The van der Waals surface area contributed by atoms with E-state index in [-0.39, 0.29) is 12.3 Å². The molecule has 0 aliphatic heterocycles. The number of halogens is 1. The minimum absolute atomic E-state index is 0.0362. The van der Waals surface area contributed by atoms with Crippen LogP contribution in [0.3, 0.4) is 0 Å². The van der Waals surface area contributed by atoms with E-state index in [1.54, 1.807) is 12.1 Å². The minimum atomic E-state index is -1.26. The number of esters is 1. The molecule has 1 aromatic carbocycles. The van der Waals surface area contributed by atoms with E-state index in [4.69, 9.17) is 13.6 Å². The van der Waals surface area contributed by atoms with Crippen molar-refractivity contribution < 1.29 is 27.6 Å². The zero-order valence-corrected chi connectivity index (χ0v) is 13.0. The largest absolute Gasteiger partial charge is 0.467 e. The van der Waals surface area contributed by atoms with E-state index in [2.05, 4.69) is 5.32 Å². The molecule has 6 nitrogen and oxygen atoms in total. The summed E-state index contributed by atoms with van der Waals surface area (Å²) in [6.45, 7) is 0.127. The van der Waals surface area contributed by atoms with E-state index in [0.29, 0.717) is 11.3 Å². The van der Waals surface area contributed by atoms with Crippen LogP contribution in [0.25, 0.3) is 0 Å². The van der Waals surface area contributed by atoms with Crippen LogP contribution in [-0.2, 0) is 16.1 Å². The lowest BCUT2D eigenvalue weighted by Crippen LogP contribution is -2.31. The van der Waals surface area contributed by atoms with Crippen molar-refractivity contribution in [1.82, 2.24) is 5.32 Å². The molecule has 0 bridgehead atoms. The third-order valence-electron chi connectivity index (χ3n) is 3.38. The lowest BCUT2D eigenvalue weighted by molar-refractivity contribution is -0.130. The molecule has 1 atom stereocenters. The average molecular weight is 343 g/mol. The Morgan fingerprint density at radius 2 is 1.76 bits per heavy atom. The van der Waals surface area contributed by atoms with Gasteiger partial charge in [0, 0.05) is 5.56 Å². The molecule has 0 aliphatic carbocycles. The third kappa shape index (κ3) is 4.14. The van der Waals surface area contributed by atoms with Gasteiger partial charge in [0.1, 0.15) is 11.6 Å². The van der Waals surface area contributed by atoms with Gasteiger partial charge in [0.2, 0.25) is 11.9 Å². The molecule has 128 valence electrons. The highest BCUT2D eigenvalue weighted by Crippen LogP contribution is 2.21. The number of carbonyl (C=O) groups is 2. The second kappa shape index (κ2) is 7.48. The summed E-state index contributed by atoms with van der Waals surface area (Å²) in [7, 11) is 0. The summed E-state index contributed by atoms with van der Waals surface area (Å²) >= 11 is 0. The first kappa shape index (κ1) is 16.5. The van der Waals surface area contributed by atoms with Gasteiger partial charge in [0.05, 0.1) is 19.1 Å². The molecule has 0 saturated heterocycles. The molecule has 7 heteroatoms. The zero-order valence-electron chi connectivity index (χ0n) is 13.0. The topological polar surface area (TPSA) is 81.7 Å². The van der Waals surface area contributed by atoms with Crippen molar-refractivity contribution in [3.8, 4) is 0 Å². The monoisotopic (exact) mass is 343 g/mol. The average Bonchev–Trinajstić information content (AvgIpc) is 3.31. The number of carbonyl (C=O) groups excluding carboxylic acids is 2. The molecule has 0 spiro atoms. The van der Waals surface area contributed by atoms with Gasteiger partial charge in [-0.05, 0) is 36.4 Å². The molecule has 1 unspecified atom stereocenters. The van der Waals surface area contributed by atoms with E-state index >= 15 is 0 Å². The molecular formula is C18H14FNO5. The molecule has 1 amide bonds. The molecule has 0 saturated carbocycles. The molecular weight excluding hydrogens is 329 g/mol. The second-order valence-corrected chi connectivity index (χ2v) is 5.11. The molecule has 25 heavy (non-hydrogen) atoms. The predicted molar refractivity (Wildman–Crippen MR) is 83.8 cm³/mol. The molecule has 2 aromatic heterocycles. The van der Waals surface area contributed by atoms with Gasteiger partial charge in [-0.15, -0.1) is 0 Å². The van der Waals surface area contributed by atoms with Crippen molar-refractivity contribution in [3.63, 3.8) is 0 Å². The summed E-state index contributed by atoms with van der Waals surface area (Å²) in [5, 5.41) is 2.61. The van der Waals surface area contributed by atoms with Crippen LogP contribution in [0, 0.1) is 5.82 Å². The number of hydrogen-bond donors (Lipinski definition) is 1. The lowest BCUT2D eigenvalue weighted by atomic mass is 10.1. The van der Waals surface area contributed by atoms with Crippen molar-refractivity contribution in [2.45, 2.75) is 12.6 Å².